The van der Waals surface area contributed by atoms with Crippen LogP contribution >= 0.6 is 0 Å². The highest BCUT2D eigenvalue weighted by molar-refractivity contribution is 5.59. The molecule has 5 rings (SSSR count). The molecule has 0 spiro atoms. The van der Waals surface area contributed by atoms with Gasteiger partial charge in [-0.1, -0.05) is 61.9 Å². The van der Waals surface area contributed by atoms with E-state index in [0.717, 1.165) is 56.8 Å². The van der Waals surface area contributed by atoms with Crippen LogP contribution in [0.3, 0.4) is 0 Å². The van der Waals surface area contributed by atoms with Crippen molar-refractivity contribution in [1.82, 2.24) is 14.5 Å². The molecule has 4 heteroatoms. The lowest BCUT2D eigenvalue weighted by Gasteiger charge is -2.32. The van der Waals surface area contributed by atoms with Gasteiger partial charge in [0.2, 0.25) is 0 Å². The van der Waals surface area contributed by atoms with Crippen LogP contribution in [0.4, 0.5) is 0 Å². The highest BCUT2D eigenvalue weighted by atomic mass is 16.5. The predicted octanol–water partition coefficient (Wildman–Crippen LogP) is 5.26. The number of likely N-dealkylation sites (tertiary alicyclic amines) is 1. The molecule has 162 valence electrons. The fourth-order valence-corrected chi connectivity index (χ4v) is 4.93. The molecular formula is C27H33N3O. The fourth-order valence-electron chi connectivity index (χ4n) is 4.93. The molecule has 0 bridgehead atoms. The van der Waals surface area contributed by atoms with Crippen LogP contribution in [0.2, 0.25) is 0 Å². The standard InChI is InChI=1S/C27H33N3O/c1-3-6-20-9-11-22(12-10-20)25-19-30-18-13-21-7-4-5-8-24(21)26(27(30)28-25)31-23-14-16-29(2)17-15-23/h4-5,7-12,19,23,26H,3,6,13-18H2,1-2H3. The molecule has 2 aromatic carbocycles. The maximum atomic E-state index is 6.80. The highest BCUT2D eigenvalue weighted by Crippen LogP contribution is 2.35. The van der Waals surface area contributed by atoms with Gasteiger partial charge in [-0.25, -0.2) is 4.98 Å². The maximum absolute atomic E-state index is 6.80. The van der Waals surface area contributed by atoms with E-state index in [1.54, 1.807) is 0 Å². The van der Waals surface area contributed by atoms with Gasteiger partial charge >= 0.3 is 0 Å². The number of imidazole rings is 1. The molecule has 0 aliphatic carbocycles. The Kier molecular flexibility index (Phi) is 5.93. The van der Waals surface area contributed by atoms with E-state index in [1.165, 1.54) is 28.7 Å². The van der Waals surface area contributed by atoms with Crippen LogP contribution in [-0.4, -0.2) is 40.7 Å². The molecule has 2 aliphatic rings. The number of aryl methyl sites for hydroxylation is 3. The highest BCUT2D eigenvalue weighted by Gasteiger charge is 2.30. The largest absolute Gasteiger partial charge is 0.362 e. The molecular weight excluding hydrogens is 382 g/mol. The van der Waals surface area contributed by atoms with Gasteiger partial charge in [0, 0.05) is 31.4 Å². The molecule has 0 amide bonds. The van der Waals surface area contributed by atoms with Crippen molar-refractivity contribution in [3.05, 3.63) is 77.2 Å². The van der Waals surface area contributed by atoms with E-state index in [0.29, 0.717) is 0 Å². The van der Waals surface area contributed by atoms with Crippen molar-refractivity contribution < 1.29 is 4.74 Å². The lowest BCUT2D eigenvalue weighted by atomic mass is 10.00. The van der Waals surface area contributed by atoms with Crippen LogP contribution in [0.1, 0.15) is 54.8 Å². The lowest BCUT2D eigenvalue weighted by Crippen LogP contribution is -2.35. The van der Waals surface area contributed by atoms with Gasteiger partial charge < -0.3 is 14.2 Å². The average Bonchev–Trinajstić information content (AvgIpc) is 3.16. The van der Waals surface area contributed by atoms with E-state index in [4.69, 9.17) is 9.72 Å². The molecule has 3 aromatic rings. The number of piperidine rings is 1. The van der Waals surface area contributed by atoms with Crippen LogP contribution in [0.25, 0.3) is 11.3 Å². The summed E-state index contributed by atoms with van der Waals surface area (Å²) < 4.78 is 9.13. The number of ether oxygens (including phenoxy) is 1. The number of nitrogens with zero attached hydrogens (tertiary/aromatic N) is 3. The Bertz CT molecular complexity index is 1020. The molecule has 1 aromatic heterocycles. The van der Waals surface area contributed by atoms with Crippen molar-refractivity contribution in [3.63, 3.8) is 0 Å². The molecule has 1 saturated heterocycles. The second kappa shape index (κ2) is 8.97. The summed E-state index contributed by atoms with van der Waals surface area (Å²) >= 11 is 0. The first kappa shape index (κ1) is 20.5. The minimum atomic E-state index is -0.0970. The lowest BCUT2D eigenvalue weighted by molar-refractivity contribution is -0.0275. The summed E-state index contributed by atoms with van der Waals surface area (Å²) in [4.78, 5) is 7.54. The summed E-state index contributed by atoms with van der Waals surface area (Å²) in [6.45, 7) is 5.37. The topological polar surface area (TPSA) is 30.3 Å². The third-order valence-corrected chi connectivity index (χ3v) is 6.78. The Morgan fingerprint density at radius 1 is 1.00 bits per heavy atom. The van der Waals surface area contributed by atoms with Crippen LogP contribution in [0.15, 0.2) is 54.7 Å². The molecule has 3 heterocycles. The Labute approximate surface area is 185 Å². The molecule has 31 heavy (non-hydrogen) atoms. The number of hydrogen-bond acceptors (Lipinski definition) is 3. The number of benzene rings is 2. The van der Waals surface area contributed by atoms with Crippen molar-refractivity contribution >= 4 is 0 Å². The third kappa shape index (κ3) is 4.32. The second-order valence-corrected chi connectivity index (χ2v) is 9.09. The minimum absolute atomic E-state index is 0.0970. The van der Waals surface area contributed by atoms with E-state index in [2.05, 4.69) is 78.2 Å². The third-order valence-electron chi connectivity index (χ3n) is 6.78. The van der Waals surface area contributed by atoms with Gasteiger partial charge in [-0.05, 0) is 49.4 Å². The van der Waals surface area contributed by atoms with Gasteiger partial charge in [0.1, 0.15) is 11.9 Å². The average molecular weight is 416 g/mol. The first-order chi connectivity index (χ1) is 15.2. The minimum Gasteiger partial charge on any atom is -0.362 e. The van der Waals surface area contributed by atoms with Crippen LogP contribution in [-0.2, 0) is 24.1 Å². The van der Waals surface area contributed by atoms with Gasteiger partial charge in [-0.3, -0.25) is 0 Å². The van der Waals surface area contributed by atoms with Crippen molar-refractivity contribution in [3.8, 4) is 11.3 Å². The van der Waals surface area contributed by atoms with Gasteiger partial charge in [0.25, 0.3) is 0 Å². The summed E-state index contributed by atoms with van der Waals surface area (Å²) in [5, 5.41) is 0. The molecule has 0 saturated carbocycles. The molecule has 2 aliphatic heterocycles. The molecule has 0 radical (unpaired) electrons. The fraction of sp³-hybridized carbons (Fsp3) is 0.444. The molecule has 1 unspecified atom stereocenters. The summed E-state index contributed by atoms with van der Waals surface area (Å²) in [7, 11) is 2.20. The predicted molar refractivity (Wildman–Crippen MR) is 125 cm³/mol. The normalized spacial score (nSPS) is 19.6. The summed E-state index contributed by atoms with van der Waals surface area (Å²) in [5.74, 6) is 1.05. The SMILES string of the molecule is CCCc1ccc(-c2cn3c(n2)C(OC2CCN(C)CC2)c2ccccc2CC3)cc1. The zero-order valence-corrected chi connectivity index (χ0v) is 18.8. The molecule has 1 fully saturated rings. The zero-order chi connectivity index (χ0) is 21.2. The number of rotatable bonds is 5. The molecule has 0 N–H and O–H groups in total. The number of aromatic nitrogens is 2. The Balaban J connectivity index is 1.48. The van der Waals surface area contributed by atoms with E-state index < -0.39 is 0 Å². The van der Waals surface area contributed by atoms with E-state index >= 15 is 0 Å². The van der Waals surface area contributed by atoms with Crippen molar-refractivity contribution in [2.24, 2.45) is 0 Å². The van der Waals surface area contributed by atoms with Gasteiger partial charge in [0.15, 0.2) is 0 Å². The Morgan fingerprint density at radius 2 is 1.77 bits per heavy atom. The van der Waals surface area contributed by atoms with Crippen LogP contribution in [0, 0.1) is 0 Å². The molecule has 4 nitrogen and oxygen atoms in total. The van der Waals surface area contributed by atoms with Crippen molar-refractivity contribution in [2.45, 2.75) is 57.8 Å². The van der Waals surface area contributed by atoms with Gasteiger partial charge in [-0.2, -0.15) is 0 Å². The zero-order valence-electron chi connectivity index (χ0n) is 18.8. The number of fused-ring (bicyclic) bond motifs is 2. The first-order valence-electron chi connectivity index (χ1n) is 11.8. The van der Waals surface area contributed by atoms with Crippen LogP contribution in [0.5, 0.6) is 0 Å². The number of hydrogen-bond donors (Lipinski definition) is 0. The summed E-state index contributed by atoms with van der Waals surface area (Å²) in [5.41, 5.74) is 6.30. The smallest absolute Gasteiger partial charge is 0.143 e. The Hall–Kier alpha value is -2.43. The maximum Gasteiger partial charge on any atom is 0.143 e. The molecule has 1 atom stereocenters. The quantitative estimate of drug-likeness (QED) is 0.569. The summed E-state index contributed by atoms with van der Waals surface area (Å²) in [6, 6.07) is 17.7. The van der Waals surface area contributed by atoms with E-state index in [-0.39, 0.29) is 12.2 Å². The Morgan fingerprint density at radius 3 is 2.55 bits per heavy atom. The van der Waals surface area contributed by atoms with Crippen molar-refractivity contribution in [2.75, 3.05) is 20.1 Å². The second-order valence-electron chi connectivity index (χ2n) is 9.09. The summed E-state index contributed by atoms with van der Waals surface area (Å²) in [6.07, 6.45) is 7.90. The van der Waals surface area contributed by atoms with Crippen LogP contribution < -0.4 is 0 Å². The van der Waals surface area contributed by atoms with Crippen molar-refractivity contribution in [1.29, 1.82) is 0 Å². The monoisotopic (exact) mass is 415 g/mol. The van der Waals surface area contributed by atoms with Gasteiger partial charge in [-0.15, -0.1) is 0 Å². The first-order valence-corrected chi connectivity index (χ1v) is 11.8. The van der Waals surface area contributed by atoms with E-state index in [9.17, 15) is 0 Å². The van der Waals surface area contributed by atoms with E-state index in [1.807, 2.05) is 0 Å². The van der Waals surface area contributed by atoms with Gasteiger partial charge in [0.05, 0.1) is 11.8 Å².